The monoisotopic (exact) mass is 257 g/mol. The number of aromatic nitrogens is 1. The zero-order chi connectivity index (χ0) is 12.4. The summed E-state index contributed by atoms with van der Waals surface area (Å²) >= 11 is 5.18. The van der Waals surface area contributed by atoms with Crippen LogP contribution in [0.3, 0.4) is 0 Å². The van der Waals surface area contributed by atoms with E-state index in [0.717, 1.165) is 16.8 Å². The van der Waals surface area contributed by atoms with Crippen molar-refractivity contribution in [2.75, 3.05) is 0 Å². The average Bonchev–Trinajstić information content (AvgIpc) is 2.73. The van der Waals surface area contributed by atoms with Crippen molar-refractivity contribution in [3.05, 3.63) is 59.4 Å². The van der Waals surface area contributed by atoms with Gasteiger partial charge < -0.3 is 9.15 Å². The van der Waals surface area contributed by atoms with Crippen LogP contribution >= 0.6 is 12.2 Å². The van der Waals surface area contributed by atoms with Crippen LogP contribution in [0.15, 0.2) is 59.0 Å². The van der Waals surface area contributed by atoms with E-state index in [1.54, 1.807) is 0 Å². The van der Waals surface area contributed by atoms with Gasteiger partial charge >= 0.3 is 0 Å². The number of oxazole rings is 1. The standard InChI is InChI=1S/C14H11NO2S/c18-14-15(10-16-11-6-2-1-3-7-11)12-8-4-5-9-13(12)17-14/h1-9H,10H2. The van der Waals surface area contributed by atoms with E-state index in [0.29, 0.717) is 11.6 Å². The maximum atomic E-state index is 5.68. The van der Waals surface area contributed by atoms with Gasteiger partial charge in [-0.1, -0.05) is 30.3 Å². The van der Waals surface area contributed by atoms with E-state index in [2.05, 4.69) is 0 Å². The highest BCUT2D eigenvalue weighted by Gasteiger charge is 2.05. The van der Waals surface area contributed by atoms with Crippen LogP contribution in [0.1, 0.15) is 0 Å². The zero-order valence-electron chi connectivity index (χ0n) is 9.58. The van der Waals surface area contributed by atoms with E-state index in [1.807, 2.05) is 59.2 Å². The van der Waals surface area contributed by atoms with Gasteiger partial charge in [-0.15, -0.1) is 0 Å². The second-order valence-corrected chi connectivity index (χ2v) is 4.20. The van der Waals surface area contributed by atoms with E-state index < -0.39 is 0 Å². The van der Waals surface area contributed by atoms with Crippen LogP contribution in [-0.4, -0.2) is 4.57 Å². The maximum Gasteiger partial charge on any atom is 0.272 e. The summed E-state index contributed by atoms with van der Waals surface area (Å²) in [5.41, 5.74) is 1.72. The highest BCUT2D eigenvalue weighted by atomic mass is 32.1. The number of rotatable bonds is 3. The maximum absolute atomic E-state index is 5.68. The van der Waals surface area contributed by atoms with Crippen molar-refractivity contribution < 1.29 is 9.15 Å². The first-order valence-electron chi connectivity index (χ1n) is 5.61. The minimum Gasteiger partial charge on any atom is -0.473 e. The topological polar surface area (TPSA) is 27.3 Å². The molecule has 0 fully saturated rings. The zero-order valence-corrected chi connectivity index (χ0v) is 10.4. The summed E-state index contributed by atoms with van der Waals surface area (Å²) in [5.74, 6) is 0.810. The van der Waals surface area contributed by atoms with Crippen molar-refractivity contribution in [3.63, 3.8) is 0 Å². The first-order valence-corrected chi connectivity index (χ1v) is 6.01. The molecule has 0 bridgehead atoms. The Morgan fingerprint density at radius 2 is 1.72 bits per heavy atom. The lowest BCUT2D eigenvalue weighted by Gasteiger charge is -2.06. The van der Waals surface area contributed by atoms with Crippen molar-refractivity contribution in [2.45, 2.75) is 6.73 Å². The lowest BCUT2D eigenvalue weighted by Crippen LogP contribution is -2.04. The fraction of sp³-hybridized carbons (Fsp3) is 0.0714. The third-order valence-corrected chi connectivity index (χ3v) is 2.98. The third kappa shape index (κ3) is 2.02. The Hall–Kier alpha value is -2.07. The number of para-hydroxylation sites is 3. The Labute approximate surface area is 109 Å². The van der Waals surface area contributed by atoms with E-state index >= 15 is 0 Å². The Kier molecular flexibility index (Phi) is 2.86. The van der Waals surface area contributed by atoms with Gasteiger partial charge in [-0.05, 0) is 36.5 Å². The summed E-state index contributed by atoms with van der Waals surface area (Å²) in [7, 11) is 0. The van der Waals surface area contributed by atoms with Gasteiger partial charge in [-0.2, -0.15) is 0 Å². The van der Waals surface area contributed by atoms with Crippen LogP contribution in [0.5, 0.6) is 5.75 Å². The predicted molar refractivity (Wildman–Crippen MR) is 72.1 cm³/mol. The molecule has 3 nitrogen and oxygen atoms in total. The number of ether oxygens (including phenoxy) is 1. The van der Waals surface area contributed by atoms with E-state index in [1.165, 1.54) is 0 Å². The molecule has 0 aliphatic heterocycles. The predicted octanol–water partition coefficient (Wildman–Crippen LogP) is 4.00. The Morgan fingerprint density at radius 1 is 1.00 bits per heavy atom. The molecule has 0 aliphatic rings. The van der Waals surface area contributed by atoms with Gasteiger partial charge in [0.25, 0.3) is 4.84 Å². The molecular weight excluding hydrogens is 246 g/mol. The van der Waals surface area contributed by atoms with Crippen LogP contribution in [0.4, 0.5) is 0 Å². The molecule has 1 aromatic heterocycles. The van der Waals surface area contributed by atoms with Crippen LogP contribution in [0.2, 0.25) is 0 Å². The van der Waals surface area contributed by atoms with E-state index in [4.69, 9.17) is 21.4 Å². The molecule has 0 aliphatic carbocycles. The van der Waals surface area contributed by atoms with Crippen LogP contribution in [-0.2, 0) is 6.73 Å². The van der Waals surface area contributed by atoms with E-state index in [9.17, 15) is 0 Å². The summed E-state index contributed by atoms with van der Waals surface area (Å²) in [6, 6.07) is 17.4. The first-order chi connectivity index (χ1) is 8.84. The molecule has 0 atom stereocenters. The molecule has 1 heterocycles. The van der Waals surface area contributed by atoms with Gasteiger partial charge in [-0.3, -0.25) is 4.57 Å². The molecule has 0 unspecified atom stereocenters. The highest BCUT2D eigenvalue weighted by Crippen LogP contribution is 2.18. The van der Waals surface area contributed by atoms with Crippen molar-refractivity contribution in [3.8, 4) is 5.75 Å². The molecule has 0 amide bonds. The fourth-order valence-corrected chi connectivity index (χ4v) is 2.03. The van der Waals surface area contributed by atoms with Gasteiger partial charge in [0.15, 0.2) is 12.3 Å². The van der Waals surface area contributed by atoms with Crippen LogP contribution in [0.25, 0.3) is 11.1 Å². The molecule has 0 saturated heterocycles. The number of fused-ring (bicyclic) bond motifs is 1. The molecular formula is C14H11NO2S. The number of hydrogen-bond acceptors (Lipinski definition) is 3. The van der Waals surface area contributed by atoms with Gasteiger partial charge in [0.05, 0.1) is 5.52 Å². The molecule has 18 heavy (non-hydrogen) atoms. The fourth-order valence-electron chi connectivity index (χ4n) is 1.79. The van der Waals surface area contributed by atoms with Crippen molar-refractivity contribution >= 4 is 23.3 Å². The highest BCUT2D eigenvalue weighted by molar-refractivity contribution is 7.71. The van der Waals surface area contributed by atoms with E-state index in [-0.39, 0.29) is 0 Å². The number of hydrogen-bond donors (Lipinski definition) is 0. The second-order valence-electron chi connectivity index (χ2n) is 3.85. The molecule has 3 aromatic rings. The number of benzene rings is 2. The molecule has 0 radical (unpaired) electrons. The third-order valence-electron chi connectivity index (χ3n) is 2.68. The Morgan fingerprint density at radius 3 is 2.56 bits per heavy atom. The summed E-state index contributed by atoms with van der Waals surface area (Å²) in [4.78, 5) is 0.423. The van der Waals surface area contributed by atoms with Crippen molar-refractivity contribution in [1.82, 2.24) is 4.57 Å². The van der Waals surface area contributed by atoms with Gasteiger partial charge in [0.1, 0.15) is 5.75 Å². The summed E-state index contributed by atoms with van der Waals surface area (Å²) in [5, 5.41) is 0. The summed E-state index contributed by atoms with van der Waals surface area (Å²) in [6.45, 7) is 0.347. The molecule has 2 aromatic carbocycles. The molecule has 90 valence electrons. The minimum atomic E-state index is 0.347. The smallest absolute Gasteiger partial charge is 0.272 e. The summed E-state index contributed by atoms with van der Waals surface area (Å²) < 4.78 is 13.0. The Balaban J connectivity index is 1.91. The van der Waals surface area contributed by atoms with Crippen molar-refractivity contribution in [2.24, 2.45) is 0 Å². The SMILES string of the molecule is S=c1oc2ccccc2n1COc1ccccc1. The normalized spacial score (nSPS) is 10.7. The lowest BCUT2D eigenvalue weighted by atomic mass is 10.3. The van der Waals surface area contributed by atoms with Crippen LogP contribution in [0, 0.1) is 4.84 Å². The lowest BCUT2D eigenvalue weighted by molar-refractivity contribution is 0.233. The summed E-state index contributed by atoms with van der Waals surface area (Å²) in [6.07, 6.45) is 0. The molecule has 3 rings (SSSR count). The first kappa shape index (κ1) is 11.0. The quantitative estimate of drug-likeness (QED) is 0.664. The Bertz CT molecular complexity index is 715. The molecule has 0 saturated carbocycles. The second kappa shape index (κ2) is 4.66. The van der Waals surface area contributed by atoms with Crippen molar-refractivity contribution in [1.29, 1.82) is 0 Å². The largest absolute Gasteiger partial charge is 0.473 e. The van der Waals surface area contributed by atoms with Crippen LogP contribution < -0.4 is 4.74 Å². The van der Waals surface area contributed by atoms with Gasteiger partial charge in [0.2, 0.25) is 0 Å². The average molecular weight is 257 g/mol. The molecule has 4 heteroatoms. The molecule has 0 spiro atoms. The minimum absolute atomic E-state index is 0.347. The number of nitrogens with zero attached hydrogens (tertiary/aromatic N) is 1. The van der Waals surface area contributed by atoms with Gasteiger partial charge in [0, 0.05) is 0 Å². The van der Waals surface area contributed by atoms with Gasteiger partial charge in [-0.25, -0.2) is 0 Å². The molecule has 0 N–H and O–H groups in total.